The van der Waals surface area contributed by atoms with Crippen LogP contribution in [0.15, 0.2) is 24.3 Å². The first kappa shape index (κ1) is 13.1. The van der Waals surface area contributed by atoms with Crippen molar-refractivity contribution in [1.82, 2.24) is 4.90 Å². The van der Waals surface area contributed by atoms with Gasteiger partial charge < -0.3 is 5.73 Å². The van der Waals surface area contributed by atoms with Crippen molar-refractivity contribution in [2.45, 2.75) is 51.7 Å². The lowest BCUT2D eigenvalue weighted by Crippen LogP contribution is -2.59. The minimum Gasteiger partial charge on any atom is -0.329 e. The molecule has 1 fully saturated rings. The highest BCUT2D eigenvalue weighted by Gasteiger charge is 2.46. The number of hydrogen-bond donors (Lipinski definition) is 1. The summed E-state index contributed by atoms with van der Waals surface area (Å²) < 4.78 is 0. The maximum atomic E-state index is 6.26. The molecule has 3 atom stereocenters. The van der Waals surface area contributed by atoms with E-state index >= 15 is 0 Å². The highest BCUT2D eigenvalue weighted by atomic mass is 15.2. The van der Waals surface area contributed by atoms with Gasteiger partial charge in [-0.1, -0.05) is 51.0 Å². The second-order valence-corrected chi connectivity index (χ2v) is 6.59. The van der Waals surface area contributed by atoms with Crippen LogP contribution in [0.3, 0.4) is 0 Å². The van der Waals surface area contributed by atoms with Crippen LogP contribution in [0, 0.1) is 11.8 Å². The molecule has 0 bridgehead atoms. The number of fused-ring (bicyclic) bond motifs is 1. The van der Waals surface area contributed by atoms with Gasteiger partial charge in [0.2, 0.25) is 0 Å². The lowest BCUT2D eigenvalue weighted by atomic mass is 9.67. The molecule has 1 aromatic carbocycles. The van der Waals surface area contributed by atoms with E-state index < -0.39 is 0 Å². The van der Waals surface area contributed by atoms with Gasteiger partial charge >= 0.3 is 0 Å². The van der Waals surface area contributed by atoms with Crippen molar-refractivity contribution in [2.75, 3.05) is 6.54 Å². The second-order valence-electron chi connectivity index (χ2n) is 6.59. The van der Waals surface area contributed by atoms with E-state index in [-0.39, 0.29) is 5.54 Å². The van der Waals surface area contributed by atoms with Gasteiger partial charge in [0.05, 0.1) is 0 Å². The summed E-state index contributed by atoms with van der Waals surface area (Å²) in [6.45, 7) is 7.79. The fraction of sp³-hybridized carbons (Fsp3) is 0.647. The van der Waals surface area contributed by atoms with Gasteiger partial charge in [0.15, 0.2) is 0 Å². The van der Waals surface area contributed by atoms with E-state index in [0.29, 0.717) is 5.92 Å². The van der Waals surface area contributed by atoms with Crippen molar-refractivity contribution in [2.24, 2.45) is 17.6 Å². The number of hydrogen-bond acceptors (Lipinski definition) is 2. The van der Waals surface area contributed by atoms with Gasteiger partial charge in [0.1, 0.15) is 0 Å². The maximum Gasteiger partial charge on any atom is 0.0366 e. The van der Waals surface area contributed by atoms with E-state index in [2.05, 4.69) is 43.0 Å². The summed E-state index contributed by atoms with van der Waals surface area (Å²) in [5.74, 6) is 1.49. The first-order chi connectivity index (χ1) is 9.17. The van der Waals surface area contributed by atoms with Gasteiger partial charge in [-0.3, -0.25) is 4.90 Å². The highest BCUT2D eigenvalue weighted by molar-refractivity contribution is 5.31. The molecule has 19 heavy (non-hydrogen) atoms. The van der Waals surface area contributed by atoms with Gasteiger partial charge in [0.25, 0.3) is 0 Å². The third-order valence-electron chi connectivity index (χ3n) is 5.79. The second kappa shape index (κ2) is 4.92. The minimum atomic E-state index is 0.219. The van der Waals surface area contributed by atoms with Gasteiger partial charge in [-0.15, -0.1) is 0 Å². The molecule has 104 valence electrons. The molecular weight excluding hydrogens is 232 g/mol. The van der Waals surface area contributed by atoms with Crippen molar-refractivity contribution in [1.29, 1.82) is 0 Å². The van der Waals surface area contributed by atoms with Crippen molar-refractivity contribution in [3.8, 4) is 0 Å². The molecule has 3 rings (SSSR count). The summed E-state index contributed by atoms with van der Waals surface area (Å²) in [7, 11) is 0. The third kappa shape index (κ3) is 2.02. The Morgan fingerprint density at radius 3 is 2.42 bits per heavy atom. The van der Waals surface area contributed by atoms with Crippen LogP contribution in [0.4, 0.5) is 0 Å². The van der Waals surface area contributed by atoms with Gasteiger partial charge in [-0.05, 0) is 29.4 Å². The maximum absolute atomic E-state index is 6.26. The van der Waals surface area contributed by atoms with Crippen LogP contribution < -0.4 is 5.73 Å². The Morgan fingerprint density at radius 2 is 1.84 bits per heavy atom. The Hall–Kier alpha value is -0.860. The summed E-state index contributed by atoms with van der Waals surface area (Å²) in [5.41, 5.74) is 9.48. The molecule has 2 N–H and O–H groups in total. The Morgan fingerprint density at radius 1 is 1.21 bits per heavy atom. The molecular formula is C17H26N2. The van der Waals surface area contributed by atoms with Crippen LogP contribution in [0.1, 0.15) is 44.2 Å². The molecule has 2 heteroatoms. The molecule has 3 unspecified atom stereocenters. The lowest BCUT2D eigenvalue weighted by Gasteiger charge is -2.51. The van der Waals surface area contributed by atoms with E-state index in [9.17, 15) is 0 Å². The Kier molecular flexibility index (Phi) is 3.40. The predicted molar refractivity (Wildman–Crippen MR) is 79.7 cm³/mol. The molecule has 1 heterocycles. The molecule has 0 spiro atoms. The van der Waals surface area contributed by atoms with Crippen molar-refractivity contribution < 1.29 is 0 Å². The summed E-state index contributed by atoms with van der Waals surface area (Å²) in [6.07, 6.45) is 3.96. The molecule has 0 amide bonds. The normalized spacial score (nSPS) is 35.3. The molecule has 2 aliphatic rings. The molecule has 1 aliphatic heterocycles. The fourth-order valence-electron chi connectivity index (χ4n) is 4.25. The Bertz CT molecular complexity index is 431. The molecule has 0 saturated heterocycles. The summed E-state index contributed by atoms with van der Waals surface area (Å²) >= 11 is 0. The van der Waals surface area contributed by atoms with Gasteiger partial charge in [-0.25, -0.2) is 0 Å². The van der Waals surface area contributed by atoms with Crippen LogP contribution in [-0.2, 0) is 13.1 Å². The topological polar surface area (TPSA) is 29.3 Å². The van der Waals surface area contributed by atoms with Crippen LogP contribution in [0.5, 0.6) is 0 Å². The zero-order valence-corrected chi connectivity index (χ0v) is 12.2. The standard InChI is InChI=1S/C17H26N2/c1-13-6-5-9-17(12-18,14(13)2)19-10-15-7-3-4-8-16(15)11-19/h3-4,7-8,13-14H,5-6,9-12,18H2,1-2H3. The van der Waals surface area contributed by atoms with Gasteiger partial charge in [-0.2, -0.15) is 0 Å². The van der Waals surface area contributed by atoms with E-state index in [4.69, 9.17) is 5.73 Å². The zero-order chi connectivity index (χ0) is 13.5. The fourth-order valence-corrected chi connectivity index (χ4v) is 4.25. The van der Waals surface area contributed by atoms with Crippen molar-refractivity contribution in [3.05, 3.63) is 35.4 Å². The summed E-state index contributed by atoms with van der Waals surface area (Å²) in [5, 5.41) is 0. The third-order valence-corrected chi connectivity index (χ3v) is 5.79. The zero-order valence-electron chi connectivity index (χ0n) is 12.2. The lowest BCUT2D eigenvalue weighted by molar-refractivity contribution is -0.0143. The predicted octanol–water partition coefficient (Wildman–Crippen LogP) is 3.16. The number of nitrogens with zero attached hydrogens (tertiary/aromatic N) is 1. The molecule has 0 radical (unpaired) electrons. The molecule has 1 saturated carbocycles. The van der Waals surface area contributed by atoms with Crippen LogP contribution in [0.2, 0.25) is 0 Å². The van der Waals surface area contributed by atoms with E-state index in [1.165, 1.54) is 30.4 Å². The number of rotatable bonds is 2. The highest BCUT2D eigenvalue weighted by Crippen LogP contribution is 2.44. The summed E-state index contributed by atoms with van der Waals surface area (Å²) in [6, 6.07) is 8.86. The van der Waals surface area contributed by atoms with Crippen LogP contribution >= 0.6 is 0 Å². The van der Waals surface area contributed by atoms with Crippen LogP contribution in [0.25, 0.3) is 0 Å². The molecule has 2 nitrogen and oxygen atoms in total. The first-order valence-corrected chi connectivity index (χ1v) is 7.69. The molecule has 1 aromatic rings. The smallest absolute Gasteiger partial charge is 0.0366 e. The average Bonchev–Trinajstić information content (AvgIpc) is 2.86. The Labute approximate surface area is 117 Å². The minimum absolute atomic E-state index is 0.219. The first-order valence-electron chi connectivity index (χ1n) is 7.69. The van der Waals surface area contributed by atoms with E-state index in [1.54, 1.807) is 0 Å². The number of benzene rings is 1. The van der Waals surface area contributed by atoms with Crippen molar-refractivity contribution >= 4 is 0 Å². The van der Waals surface area contributed by atoms with Crippen LogP contribution in [-0.4, -0.2) is 17.0 Å². The molecule has 0 aromatic heterocycles. The SMILES string of the molecule is CC1CCCC(CN)(N2Cc3ccccc3C2)C1C. The van der Waals surface area contributed by atoms with Gasteiger partial charge in [0, 0.05) is 25.2 Å². The summed E-state index contributed by atoms with van der Waals surface area (Å²) in [4.78, 5) is 2.66. The molecule has 1 aliphatic carbocycles. The Balaban J connectivity index is 1.88. The average molecular weight is 258 g/mol. The van der Waals surface area contributed by atoms with Crippen molar-refractivity contribution in [3.63, 3.8) is 0 Å². The van der Waals surface area contributed by atoms with E-state index in [1.807, 2.05) is 0 Å². The number of nitrogens with two attached hydrogens (primary N) is 1. The monoisotopic (exact) mass is 258 g/mol. The quantitative estimate of drug-likeness (QED) is 0.883. The van der Waals surface area contributed by atoms with E-state index in [0.717, 1.165) is 25.6 Å². The largest absolute Gasteiger partial charge is 0.329 e.